The van der Waals surface area contributed by atoms with Crippen LogP contribution in [-0.4, -0.2) is 20.1 Å². The number of methoxy groups -OCH3 is 2. The fraction of sp³-hybridized carbons (Fsp3) is 0.200. The quantitative estimate of drug-likeness (QED) is 0.501. The molecule has 2 aromatic rings. The fourth-order valence-electron chi connectivity index (χ4n) is 2.41. The maximum atomic E-state index is 12.5. The molecule has 146 valence electrons. The van der Waals surface area contributed by atoms with Crippen LogP contribution in [0.15, 0.2) is 48.2 Å². The standard InChI is InChI=1S/C20H19Cl2N3O3/c1-12(13-7-8-17(27-2)18(9-13)28-3)25-20(26)14(10-23)11-24-19-15(21)5-4-6-16(19)22/h4-9,11-12,24H,1-3H3,(H,25,26)/b14-11-. The third-order valence-corrected chi connectivity index (χ3v) is 4.57. The van der Waals surface area contributed by atoms with Crippen molar-refractivity contribution in [2.24, 2.45) is 0 Å². The zero-order chi connectivity index (χ0) is 20.7. The molecule has 8 heteroatoms. The van der Waals surface area contributed by atoms with E-state index in [2.05, 4.69) is 10.6 Å². The van der Waals surface area contributed by atoms with E-state index >= 15 is 0 Å². The average molecular weight is 420 g/mol. The van der Waals surface area contributed by atoms with Gasteiger partial charge in [0, 0.05) is 6.20 Å². The molecule has 2 N–H and O–H groups in total. The summed E-state index contributed by atoms with van der Waals surface area (Å²) in [4.78, 5) is 12.5. The highest BCUT2D eigenvalue weighted by Crippen LogP contribution is 2.31. The molecule has 2 rings (SSSR count). The normalized spacial score (nSPS) is 11.9. The largest absolute Gasteiger partial charge is 0.493 e. The number of carbonyl (C=O) groups excluding carboxylic acids is 1. The number of nitrogens with zero attached hydrogens (tertiary/aromatic N) is 1. The smallest absolute Gasteiger partial charge is 0.263 e. The molecule has 1 unspecified atom stereocenters. The molecule has 0 aliphatic carbocycles. The van der Waals surface area contributed by atoms with Crippen LogP contribution in [0.1, 0.15) is 18.5 Å². The Labute approximate surface area is 173 Å². The van der Waals surface area contributed by atoms with E-state index in [9.17, 15) is 10.1 Å². The van der Waals surface area contributed by atoms with Crippen molar-refractivity contribution in [1.82, 2.24) is 5.32 Å². The molecule has 0 aliphatic heterocycles. The second-order valence-electron chi connectivity index (χ2n) is 5.72. The van der Waals surface area contributed by atoms with Gasteiger partial charge in [-0.3, -0.25) is 4.79 Å². The molecule has 2 aromatic carbocycles. The number of carbonyl (C=O) groups is 1. The van der Waals surface area contributed by atoms with E-state index in [1.165, 1.54) is 13.3 Å². The Morgan fingerprint density at radius 1 is 1.14 bits per heavy atom. The lowest BCUT2D eigenvalue weighted by atomic mass is 10.1. The first-order valence-corrected chi connectivity index (χ1v) is 9.00. The molecule has 28 heavy (non-hydrogen) atoms. The number of ether oxygens (including phenoxy) is 2. The molecule has 0 saturated heterocycles. The molecule has 0 aliphatic rings. The van der Waals surface area contributed by atoms with Gasteiger partial charge in [0.1, 0.15) is 11.6 Å². The number of rotatable bonds is 7. The van der Waals surface area contributed by atoms with Crippen molar-refractivity contribution in [3.05, 3.63) is 63.8 Å². The molecular formula is C20H19Cl2N3O3. The summed E-state index contributed by atoms with van der Waals surface area (Å²) >= 11 is 12.1. The van der Waals surface area contributed by atoms with Crippen molar-refractivity contribution in [1.29, 1.82) is 5.26 Å². The summed E-state index contributed by atoms with van der Waals surface area (Å²) in [6.07, 6.45) is 1.27. The zero-order valence-corrected chi connectivity index (χ0v) is 17.1. The maximum Gasteiger partial charge on any atom is 0.263 e. The number of nitriles is 1. The maximum absolute atomic E-state index is 12.5. The van der Waals surface area contributed by atoms with E-state index in [1.807, 2.05) is 12.1 Å². The van der Waals surface area contributed by atoms with Gasteiger partial charge in [0.2, 0.25) is 0 Å². The highest BCUT2D eigenvalue weighted by Gasteiger charge is 2.16. The van der Waals surface area contributed by atoms with Crippen LogP contribution in [0.3, 0.4) is 0 Å². The molecule has 1 atom stereocenters. The topological polar surface area (TPSA) is 83.4 Å². The molecule has 0 spiro atoms. The van der Waals surface area contributed by atoms with E-state index in [0.29, 0.717) is 27.2 Å². The summed E-state index contributed by atoms with van der Waals surface area (Å²) in [5.74, 6) is 0.593. The van der Waals surface area contributed by atoms with Gasteiger partial charge in [-0.15, -0.1) is 0 Å². The molecule has 0 aromatic heterocycles. The lowest BCUT2D eigenvalue weighted by molar-refractivity contribution is -0.117. The van der Waals surface area contributed by atoms with Gasteiger partial charge < -0.3 is 20.1 Å². The SMILES string of the molecule is COc1ccc(C(C)NC(=O)/C(C#N)=C\Nc2c(Cl)cccc2Cl)cc1OC. The first kappa shape index (κ1) is 21.4. The first-order chi connectivity index (χ1) is 13.4. The molecule has 1 amide bonds. The van der Waals surface area contributed by atoms with Gasteiger partial charge in [-0.1, -0.05) is 35.3 Å². The van der Waals surface area contributed by atoms with Gasteiger partial charge >= 0.3 is 0 Å². The number of amides is 1. The second kappa shape index (κ2) is 9.88. The summed E-state index contributed by atoms with van der Waals surface area (Å²) < 4.78 is 10.5. The molecular weight excluding hydrogens is 401 g/mol. The summed E-state index contributed by atoms with van der Waals surface area (Å²) in [5.41, 5.74) is 1.09. The zero-order valence-electron chi connectivity index (χ0n) is 15.5. The number of anilines is 1. The molecule has 0 radical (unpaired) electrons. The number of hydrogen-bond acceptors (Lipinski definition) is 5. The van der Waals surface area contributed by atoms with Crippen molar-refractivity contribution >= 4 is 34.8 Å². The minimum atomic E-state index is -0.541. The predicted molar refractivity (Wildman–Crippen MR) is 110 cm³/mol. The van der Waals surface area contributed by atoms with Crippen LogP contribution in [0.25, 0.3) is 0 Å². The Morgan fingerprint density at radius 2 is 1.79 bits per heavy atom. The first-order valence-electron chi connectivity index (χ1n) is 8.24. The minimum Gasteiger partial charge on any atom is -0.493 e. The van der Waals surface area contributed by atoms with Gasteiger partial charge in [0.15, 0.2) is 11.5 Å². The van der Waals surface area contributed by atoms with Gasteiger partial charge in [-0.2, -0.15) is 5.26 Å². The third kappa shape index (κ3) is 5.10. The summed E-state index contributed by atoms with van der Waals surface area (Å²) in [5, 5.41) is 15.7. The predicted octanol–water partition coefficient (Wildman–Crippen LogP) is 4.71. The van der Waals surface area contributed by atoms with E-state index in [1.54, 1.807) is 44.4 Å². The van der Waals surface area contributed by atoms with Crippen LogP contribution in [0.2, 0.25) is 10.0 Å². The molecule has 6 nitrogen and oxygen atoms in total. The van der Waals surface area contributed by atoms with Gasteiger partial charge in [-0.25, -0.2) is 0 Å². The Kier molecular flexibility index (Phi) is 7.56. The fourth-order valence-corrected chi connectivity index (χ4v) is 2.92. The molecule has 0 fully saturated rings. The van der Waals surface area contributed by atoms with Gasteiger partial charge in [0.05, 0.1) is 36.0 Å². The monoisotopic (exact) mass is 419 g/mol. The van der Waals surface area contributed by atoms with Crippen molar-refractivity contribution in [3.8, 4) is 17.6 Å². The van der Waals surface area contributed by atoms with Crippen LogP contribution in [-0.2, 0) is 4.79 Å². The number of para-hydroxylation sites is 1. The van der Waals surface area contributed by atoms with Crippen molar-refractivity contribution in [2.45, 2.75) is 13.0 Å². The van der Waals surface area contributed by atoms with Crippen LogP contribution in [0.4, 0.5) is 5.69 Å². The van der Waals surface area contributed by atoms with Crippen molar-refractivity contribution in [2.75, 3.05) is 19.5 Å². The Hall–Kier alpha value is -2.88. The molecule has 0 heterocycles. The van der Waals surface area contributed by atoms with Crippen molar-refractivity contribution in [3.63, 3.8) is 0 Å². The van der Waals surface area contributed by atoms with Crippen LogP contribution < -0.4 is 20.1 Å². The molecule has 0 bridgehead atoms. The number of halogens is 2. The summed E-state index contributed by atoms with van der Waals surface area (Å²) in [6, 6.07) is 11.8. The Morgan fingerprint density at radius 3 is 2.36 bits per heavy atom. The highest BCUT2D eigenvalue weighted by atomic mass is 35.5. The van der Waals surface area contributed by atoms with Crippen LogP contribution in [0.5, 0.6) is 11.5 Å². The van der Waals surface area contributed by atoms with E-state index in [4.69, 9.17) is 32.7 Å². The van der Waals surface area contributed by atoms with E-state index < -0.39 is 5.91 Å². The Balaban J connectivity index is 2.14. The summed E-state index contributed by atoms with van der Waals surface area (Å²) in [6.45, 7) is 1.80. The third-order valence-electron chi connectivity index (χ3n) is 3.94. The number of nitrogens with one attached hydrogen (secondary N) is 2. The van der Waals surface area contributed by atoms with Gasteiger partial charge in [-0.05, 0) is 36.8 Å². The molecule has 0 saturated carbocycles. The van der Waals surface area contributed by atoms with Crippen LogP contribution >= 0.6 is 23.2 Å². The minimum absolute atomic E-state index is 0.122. The van der Waals surface area contributed by atoms with E-state index in [-0.39, 0.29) is 11.6 Å². The summed E-state index contributed by atoms with van der Waals surface area (Å²) in [7, 11) is 3.08. The number of benzene rings is 2. The average Bonchev–Trinajstić information content (AvgIpc) is 2.69. The highest BCUT2D eigenvalue weighted by molar-refractivity contribution is 6.39. The second-order valence-corrected chi connectivity index (χ2v) is 6.53. The van der Waals surface area contributed by atoms with Gasteiger partial charge in [0.25, 0.3) is 5.91 Å². The number of hydrogen-bond donors (Lipinski definition) is 2. The Bertz CT molecular complexity index is 919. The van der Waals surface area contributed by atoms with E-state index in [0.717, 1.165) is 5.56 Å². The lowest BCUT2D eigenvalue weighted by Crippen LogP contribution is -2.28. The van der Waals surface area contributed by atoms with Crippen LogP contribution in [0, 0.1) is 11.3 Å². The lowest BCUT2D eigenvalue weighted by Gasteiger charge is -2.16. The van der Waals surface area contributed by atoms with Crippen molar-refractivity contribution < 1.29 is 14.3 Å².